The fourth-order valence-corrected chi connectivity index (χ4v) is 3.63. The van der Waals surface area contributed by atoms with E-state index < -0.39 is 0 Å². The van der Waals surface area contributed by atoms with Gasteiger partial charge in [-0.25, -0.2) is 4.58 Å². The number of hydrogen-bond acceptors (Lipinski definition) is 0. The Morgan fingerprint density at radius 2 is 1.54 bits per heavy atom. The van der Waals surface area contributed by atoms with Crippen LogP contribution < -0.4 is 0 Å². The standard InChI is InChI=1S/C22H19ClN/c23-20-11-12-21-19(15-20)13-14-24(16-17-7-3-1-4-8-17)22(21)18-9-5-2-6-10-18/h1-12,15H,13-14,16H2/q+1. The molecule has 4 rings (SSSR count). The first-order valence-electron chi connectivity index (χ1n) is 8.31. The lowest BCUT2D eigenvalue weighted by Gasteiger charge is -2.19. The Balaban J connectivity index is 1.86. The highest BCUT2D eigenvalue weighted by molar-refractivity contribution is 6.30. The number of nitrogens with zero attached hydrogens (tertiary/aromatic N) is 1. The third-order valence-electron chi connectivity index (χ3n) is 4.55. The van der Waals surface area contributed by atoms with Gasteiger partial charge in [0.25, 0.3) is 0 Å². The number of halogens is 1. The van der Waals surface area contributed by atoms with Gasteiger partial charge in [0, 0.05) is 28.1 Å². The molecule has 118 valence electrons. The molecule has 0 unspecified atom stereocenters. The minimum atomic E-state index is 0.817. The van der Waals surface area contributed by atoms with E-state index in [1.807, 2.05) is 6.07 Å². The van der Waals surface area contributed by atoms with Crippen molar-refractivity contribution in [3.05, 3.63) is 106 Å². The average molecular weight is 333 g/mol. The lowest BCUT2D eigenvalue weighted by molar-refractivity contribution is -0.544. The highest BCUT2D eigenvalue weighted by Gasteiger charge is 2.27. The van der Waals surface area contributed by atoms with Crippen LogP contribution in [0, 0.1) is 0 Å². The zero-order chi connectivity index (χ0) is 16.4. The molecule has 0 N–H and O–H groups in total. The molecule has 0 radical (unpaired) electrons. The molecule has 3 aromatic carbocycles. The zero-order valence-electron chi connectivity index (χ0n) is 13.5. The van der Waals surface area contributed by atoms with Crippen molar-refractivity contribution in [1.82, 2.24) is 0 Å². The number of rotatable bonds is 3. The predicted octanol–water partition coefficient (Wildman–Crippen LogP) is 4.95. The van der Waals surface area contributed by atoms with E-state index in [9.17, 15) is 0 Å². The molecule has 1 aliphatic rings. The van der Waals surface area contributed by atoms with Crippen molar-refractivity contribution in [1.29, 1.82) is 0 Å². The normalized spacial score (nSPS) is 13.7. The van der Waals surface area contributed by atoms with E-state index in [1.54, 1.807) is 0 Å². The second-order valence-electron chi connectivity index (χ2n) is 6.17. The summed E-state index contributed by atoms with van der Waals surface area (Å²) in [4.78, 5) is 0. The maximum atomic E-state index is 6.21. The van der Waals surface area contributed by atoms with E-state index >= 15 is 0 Å². The molecule has 3 aromatic rings. The van der Waals surface area contributed by atoms with E-state index in [1.165, 1.54) is 28.0 Å². The molecule has 0 aromatic heterocycles. The summed E-state index contributed by atoms with van der Waals surface area (Å²) in [5.74, 6) is 0. The van der Waals surface area contributed by atoms with E-state index in [-0.39, 0.29) is 0 Å². The lowest BCUT2D eigenvalue weighted by Crippen LogP contribution is -2.30. The second kappa shape index (κ2) is 6.62. The summed E-state index contributed by atoms with van der Waals surface area (Å²) >= 11 is 6.21. The lowest BCUT2D eigenvalue weighted by atomic mass is 9.92. The van der Waals surface area contributed by atoms with E-state index in [2.05, 4.69) is 77.4 Å². The third kappa shape index (κ3) is 3.00. The Hall–Kier alpha value is -2.38. The Morgan fingerprint density at radius 3 is 2.29 bits per heavy atom. The molecule has 0 bridgehead atoms. The first-order valence-corrected chi connectivity index (χ1v) is 8.69. The average Bonchev–Trinajstić information content (AvgIpc) is 2.63. The molecule has 1 aliphatic heterocycles. The Bertz CT molecular complexity index is 882. The molecule has 0 amide bonds. The smallest absolute Gasteiger partial charge is 0.215 e. The van der Waals surface area contributed by atoms with Gasteiger partial charge in [-0.3, -0.25) is 0 Å². The van der Waals surface area contributed by atoms with Gasteiger partial charge in [0.2, 0.25) is 5.71 Å². The van der Waals surface area contributed by atoms with Gasteiger partial charge in [0.15, 0.2) is 6.54 Å². The molecule has 24 heavy (non-hydrogen) atoms. The third-order valence-corrected chi connectivity index (χ3v) is 4.79. The van der Waals surface area contributed by atoms with Gasteiger partial charge in [-0.05, 0) is 35.9 Å². The maximum absolute atomic E-state index is 6.21. The fourth-order valence-electron chi connectivity index (χ4n) is 3.43. The van der Waals surface area contributed by atoms with Gasteiger partial charge in [-0.1, -0.05) is 60.1 Å². The van der Waals surface area contributed by atoms with Crippen LogP contribution in [0.25, 0.3) is 0 Å². The van der Waals surface area contributed by atoms with Gasteiger partial charge in [-0.2, -0.15) is 0 Å². The molecule has 0 saturated carbocycles. The van der Waals surface area contributed by atoms with Crippen LogP contribution in [0.3, 0.4) is 0 Å². The first kappa shape index (κ1) is 15.2. The summed E-state index contributed by atoms with van der Waals surface area (Å²) in [6, 6.07) is 27.6. The van der Waals surface area contributed by atoms with Crippen LogP contribution in [0.15, 0.2) is 78.9 Å². The Morgan fingerprint density at radius 1 is 0.833 bits per heavy atom. The summed E-state index contributed by atoms with van der Waals surface area (Å²) in [5, 5.41) is 0.817. The van der Waals surface area contributed by atoms with Crippen molar-refractivity contribution < 1.29 is 4.58 Å². The van der Waals surface area contributed by atoms with Gasteiger partial charge in [0.05, 0.1) is 0 Å². The predicted molar refractivity (Wildman–Crippen MR) is 100 cm³/mol. The van der Waals surface area contributed by atoms with Crippen LogP contribution >= 0.6 is 11.6 Å². The molecule has 1 nitrogen and oxygen atoms in total. The van der Waals surface area contributed by atoms with Crippen molar-refractivity contribution in [2.24, 2.45) is 0 Å². The van der Waals surface area contributed by atoms with Crippen molar-refractivity contribution >= 4 is 17.3 Å². The first-order chi connectivity index (χ1) is 11.8. The van der Waals surface area contributed by atoms with Crippen molar-refractivity contribution in [2.45, 2.75) is 13.0 Å². The molecular weight excluding hydrogens is 314 g/mol. The number of benzene rings is 3. The summed E-state index contributed by atoms with van der Waals surface area (Å²) in [5.41, 5.74) is 6.54. The summed E-state index contributed by atoms with van der Waals surface area (Å²) in [7, 11) is 0. The van der Waals surface area contributed by atoms with E-state index in [0.29, 0.717) is 0 Å². The monoisotopic (exact) mass is 332 g/mol. The number of fused-ring (bicyclic) bond motifs is 1. The van der Waals surface area contributed by atoms with Crippen molar-refractivity contribution in [2.75, 3.05) is 6.54 Å². The van der Waals surface area contributed by atoms with Gasteiger partial charge < -0.3 is 0 Å². The zero-order valence-corrected chi connectivity index (χ0v) is 14.2. The van der Waals surface area contributed by atoms with E-state index in [4.69, 9.17) is 11.6 Å². The van der Waals surface area contributed by atoms with Crippen LogP contribution in [0.2, 0.25) is 5.02 Å². The summed E-state index contributed by atoms with van der Waals surface area (Å²) in [6.45, 7) is 1.93. The van der Waals surface area contributed by atoms with Gasteiger partial charge in [-0.15, -0.1) is 0 Å². The molecular formula is C22H19ClN+. The van der Waals surface area contributed by atoms with Crippen LogP contribution in [-0.4, -0.2) is 16.8 Å². The van der Waals surface area contributed by atoms with Gasteiger partial charge in [0.1, 0.15) is 6.54 Å². The molecule has 1 heterocycles. The number of hydrogen-bond donors (Lipinski definition) is 0. The fraction of sp³-hybridized carbons (Fsp3) is 0.136. The molecule has 0 fully saturated rings. The largest absolute Gasteiger partial charge is 0.224 e. The van der Waals surface area contributed by atoms with Crippen LogP contribution in [0.5, 0.6) is 0 Å². The van der Waals surface area contributed by atoms with E-state index in [0.717, 1.165) is 24.5 Å². The quantitative estimate of drug-likeness (QED) is 0.597. The van der Waals surface area contributed by atoms with Crippen molar-refractivity contribution in [3.8, 4) is 0 Å². The minimum Gasteiger partial charge on any atom is -0.224 e. The second-order valence-corrected chi connectivity index (χ2v) is 6.61. The maximum Gasteiger partial charge on any atom is 0.215 e. The molecule has 0 atom stereocenters. The van der Waals surface area contributed by atoms with Crippen LogP contribution in [0.4, 0.5) is 0 Å². The van der Waals surface area contributed by atoms with Crippen LogP contribution in [-0.2, 0) is 13.0 Å². The molecule has 2 heteroatoms. The highest BCUT2D eigenvalue weighted by atomic mass is 35.5. The summed E-state index contributed by atoms with van der Waals surface area (Å²) in [6.07, 6.45) is 1.03. The van der Waals surface area contributed by atoms with Gasteiger partial charge >= 0.3 is 0 Å². The minimum absolute atomic E-state index is 0.817. The Kier molecular flexibility index (Phi) is 4.18. The summed E-state index contributed by atoms with van der Waals surface area (Å²) < 4.78 is 2.49. The van der Waals surface area contributed by atoms with Crippen LogP contribution in [0.1, 0.15) is 22.3 Å². The van der Waals surface area contributed by atoms with Crippen molar-refractivity contribution in [3.63, 3.8) is 0 Å². The Labute approximate surface area is 147 Å². The molecule has 0 spiro atoms. The molecule has 0 aliphatic carbocycles. The SMILES string of the molecule is Clc1ccc2c(c1)CC[N+](Cc1ccccc1)=C2c1ccccc1. The molecule has 0 saturated heterocycles. The highest BCUT2D eigenvalue weighted by Crippen LogP contribution is 2.24. The topological polar surface area (TPSA) is 3.01 Å².